The highest BCUT2D eigenvalue weighted by molar-refractivity contribution is 6.03. The van der Waals surface area contributed by atoms with Crippen LogP contribution in [0, 0.1) is 24.4 Å². The Bertz CT molecular complexity index is 1870. The Morgan fingerprint density at radius 1 is 1.00 bits per heavy atom. The van der Waals surface area contributed by atoms with Crippen LogP contribution >= 0.6 is 0 Å². The smallest absolute Gasteiger partial charge is 0.290 e. The lowest BCUT2D eigenvalue weighted by Gasteiger charge is -2.45. The molecule has 1 saturated carbocycles. The molecule has 3 aliphatic heterocycles. The zero-order valence-electron chi connectivity index (χ0n) is 30.7. The van der Waals surface area contributed by atoms with Crippen LogP contribution in [0.15, 0.2) is 66.2 Å². The first-order chi connectivity index (χ1) is 26.6. The maximum absolute atomic E-state index is 14.7. The maximum atomic E-state index is 14.7. The van der Waals surface area contributed by atoms with Crippen molar-refractivity contribution in [3.8, 4) is 11.5 Å². The molecule has 2 saturated heterocycles. The number of hydrogen-bond acceptors (Lipinski definition) is 8. The molecule has 0 radical (unpaired) electrons. The minimum absolute atomic E-state index is 0.00697. The quantitative estimate of drug-likeness (QED) is 0.114. The Hall–Kier alpha value is -4.92. The summed E-state index contributed by atoms with van der Waals surface area (Å²) in [6, 6.07) is 16.6. The number of benzene rings is 3. The van der Waals surface area contributed by atoms with Crippen LogP contribution < -0.4 is 20.1 Å². The summed E-state index contributed by atoms with van der Waals surface area (Å²) in [6.07, 6.45) is 3.24. The van der Waals surface area contributed by atoms with E-state index in [1.807, 2.05) is 65.3 Å². The molecule has 1 unspecified atom stereocenters. The number of aryl methyl sites for hydroxylation is 2. The number of rotatable bonds is 13. The van der Waals surface area contributed by atoms with Crippen molar-refractivity contribution in [2.45, 2.75) is 75.7 Å². The lowest BCUT2D eigenvalue weighted by molar-refractivity contribution is -0.136. The van der Waals surface area contributed by atoms with Crippen molar-refractivity contribution in [3.05, 3.63) is 100 Å². The SMILES string of the molecule is Cc1cccc(OCCN(C(=O)C2=C(c3ccc(CCCOc4c(F)ccc(F)c4F)cc3)C[C@@H]3CN(C(=O)C4C[C@@H](O)CN4)C[C@@H]2N3)C2CC2)c1.O=CO. The first-order valence-corrected chi connectivity index (χ1v) is 18.7. The molecule has 3 aromatic rings. The third-order valence-corrected chi connectivity index (χ3v) is 10.4. The van der Waals surface area contributed by atoms with Crippen LogP contribution in [-0.4, -0.2) is 108 Å². The minimum atomic E-state index is -1.34. The molecule has 2 bridgehead atoms. The number of halogens is 3. The van der Waals surface area contributed by atoms with Gasteiger partial charge >= 0.3 is 0 Å². The summed E-state index contributed by atoms with van der Waals surface area (Å²) in [5.41, 5.74) is 4.62. The number of piperazine rings is 1. The molecule has 14 heteroatoms. The summed E-state index contributed by atoms with van der Waals surface area (Å²) < 4.78 is 52.8. The van der Waals surface area contributed by atoms with Gasteiger partial charge in [-0.2, -0.15) is 4.39 Å². The second-order valence-corrected chi connectivity index (χ2v) is 14.4. The second-order valence-electron chi connectivity index (χ2n) is 14.4. The minimum Gasteiger partial charge on any atom is -0.492 e. The summed E-state index contributed by atoms with van der Waals surface area (Å²) >= 11 is 0. The van der Waals surface area contributed by atoms with Gasteiger partial charge in [0.1, 0.15) is 12.4 Å². The van der Waals surface area contributed by atoms with Crippen molar-refractivity contribution in [1.82, 2.24) is 20.4 Å². The standard InChI is InChI=1S/C40H45F3N4O5.CH2O2/c1-24-4-2-6-30(18-24)51-17-15-47(28-11-12-28)40(50)36-31(19-27-22-46(23-35(36)45-27)39(49)34-20-29(48)21-44-34)26-9-7-25(8-10-26)5-3-16-52-38-33(42)14-13-32(41)37(38)43;2-1-3/h2,4,6-10,13-14,18,27-29,34-35,44-45,48H,3,5,11-12,15-17,19-23H2,1H3;1H,(H,2,3)/t27-,29-,34?,35+;/m1./s1. The fourth-order valence-electron chi connectivity index (χ4n) is 7.59. The van der Waals surface area contributed by atoms with Crippen LogP contribution in [0.4, 0.5) is 13.2 Å². The Morgan fingerprint density at radius 3 is 2.44 bits per heavy atom. The Kier molecular flexibility index (Phi) is 13.1. The van der Waals surface area contributed by atoms with Crippen molar-refractivity contribution in [2.24, 2.45) is 0 Å². The van der Waals surface area contributed by atoms with E-state index in [0.29, 0.717) is 64.0 Å². The van der Waals surface area contributed by atoms with Crippen molar-refractivity contribution in [3.63, 3.8) is 0 Å². The Labute approximate surface area is 318 Å². The molecule has 4 atom stereocenters. The zero-order valence-corrected chi connectivity index (χ0v) is 30.7. The van der Waals surface area contributed by atoms with Crippen LogP contribution in [0.5, 0.6) is 11.5 Å². The second kappa shape index (κ2) is 18.1. The number of aliphatic hydroxyl groups is 1. The number of fused-ring (bicyclic) bond motifs is 2. The lowest BCUT2D eigenvalue weighted by Crippen LogP contribution is -2.63. The van der Waals surface area contributed by atoms with Gasteiger partial charge in [-0.1, -0.05) is 36.4 Å². The van der Waals surface area contributed by atoms with Gasteiger partial charge in [-0.05, 0) is 92.0 Å². The predicted molar refractivity (Wildman–Crippen MR) is 198 cm³/mol. The summed E-state index contributed by atoms with van der Waals surface area (Å²) in [6.45, 7) is 3.78. The maximum Gasteiger partial charge on any atom is 0.290 e. The predicted octanol–water partition coefficient (Wildman–Crippen LogP) is 4.24. The van der Waals surface area contributed by atoms with E-state index >= 15 is 0 Å². The van der Waals surface area contributed by atoms with Crippen LogP contribution in [0.3, 0.4) is 0 Å². The number of carboxylic acid groups (broad SMARTS) is 1. The largest absolute Gasteiger partial charge is 0.492 e. The van der Waals surface area contributed by atoms with Crippen molar-refractivity contribution < 1.29 is 47.2 Å². The van der Waals surface area contributed by atoms with Gasteiger partial charge in [-0.3, -0.25) is 14.4 Å². The van der Waals surface area contributed by atoms with Gasteiger partial charge in [-0.15, -0.1) is 0 Å². The van der Waals surface area contributed by atoms with E-state index in [1.165, 1.54) is 0 Å². The summed E-state index contributed by atoms with van der Waals surface area (Å²) in [5, 5.41) is 23.7. The zero-order chi connectivity index (χ0) is 39.1. The number of carbonyl (C=O) groups is 3. The van der Waals surface area contributed by atoms with E-state index in [4.69, 9.17) is 19.4 Å². The van der Waals surface area contributed by atoms with Gasteiger partial charge in [0, 0.05) is 37.3 Å². The number of ether oxygens (including phenoxy) is 2. The number of β-amino-alcohol motifs (C(OH)–C–C–N with tert-alkyl or cyclic N) is 1. The molecular formula is C41H47F3N4O7. The molecule has 4 aliphatic rings. The topological polar surface area (TPSA) is 141 Å². The number of hydrogen-bond donors (Lipinski definition) is 4. The molecule has 2 amide bonds. The molecule has 55 heavy (non-hydrogen) atoms. The van der Waals surface area contributed by atoms with E-state index in [2.05, 4.69) is 10.6 Å². The molecule has 0 spiro atoms. The summed E-state index contributed by atoms with van der Waals surface area (Å²) in [5.74, 6) is -3.51. The average Bonchev–Trinajstić information content (AvgIpc) is 3.92. The first kappa shape index (κ1) is 39.8. The van der Waals surface area contributed by atoms with Crippen molar-refractivity contribution in [2.75, 3.05) is 39.4 Å². The Balaban J connectivity index is 0.00000166. The fourth-order valence-corrected chi connectivity index (χ4v) is 7.59. The molecule has 0 aromatic heterocycles. The van der Waals surface area contributed by atoms with Crippen LogP contribution in [0.25, 0.3) is 5.57 Å². The number of aliphatic hydroxyl groups excluding tert-OH is 1. The van der Waals surface area contributed by atoms with Crippen molar-refractivity contribution >= 4 is 23.9 Å². The van der Waals surface area contributed by atoms with Crippen molar-refractivity contribution in [1.29, 1.82) is 0 Å². The molecule has 1 aliphatic carbocycles. The highest BCUT2D eigenvalue weighted by Gasteiger charge is 2.44. The van der Waals surface area contributed by atoms with Crippen LogP contribution in [0.2, 0.25) is 0 Å². The molecular weight excluding hydrogens is 717 g/mol. The Morgan fingerprint density at radius 2 is 1.75 bits per heavy atom. The molecule has 4 N–H and O–H groups in total. The van der Waals surface area contributed by atoms with E-state index in [-0.39, 0.29) is 43.0 Å². The lowest BCUT2D eigenvalue weighted by atomic mass is 9.82. The van der Waals surface area contributed by atoms with Gasteiger partial charge in [0.15, 0.2) is 17.4 Å². The molecule has 7 rings (SSSR count). The molecule has 3 aromatic carbocycles. The summed E-state index contributed by atoms with van der Waals surface area (Å²) in [4.78, 5) is 40.4. The van der Waals surface area contributed by atoms with Gasteiger partial charge in [0.05, 0.1) is 31.3 Å². The van der Waals surface area contributed by atoms with E-state index in [9.17, 15) is 27.9 Å². The van der Waals surface area contributed by atoms with Gasteiger partial charge in [0.2, 0.25) is 11.7 Å². The molecule has 3 heterocycles. The third-order valence-electron chi connectivity index (χ3n) is 10.4. The van der Waals surface area contributed by atoms with Gasteiger partial charge in [0.25, 0.3) is 12.4 Å². The van der Waals surface area contributed by atoms with E-state index in [1.54, 1.807) is 0 Å². The highest BCUT2D eigenvalue weighted by atomic mass is 19.2. The first-order valence-electron chi connectivity index (χ1n) is 18.7. The highest BCUT2D eigenvalue weighted by Crippen LogP contribution is 2.37. The number of amides is 2. The van der Waals surface area contributed by atoms with E-state index < -0.39 is 35.3 Å². The third kappa shape index (κ3) is 9.85. The fraction of sp³-hybridized carbons (Fsp3) is 0.439. The van der Waals surface area contributed by atoms with Gasteiger partial charge in [-0.25, -0.2) is 8.78 Å². The monoisotopic (exact) mass is 764 g/mol. The van der Waals surface area contributed by atoms with Crippen LogP contribution in [-0.2, 0) is 20.8 Å². The number of nitrogens with zero attached hydrogens (tertiary/aromatic N) is 2. The molecule has 3 fully saturated rings. The average molecular weight is 765 g/mol. The molecule has 11 nitrogen and oxygen atoms in total. The van der Waals surface area contributed by atoms with E-state index in [0.717, 1.165) is 53.0 Å². The summed E-state index contributed by atoms with van der Waals surface area (Å²) in [7, 11) is 0. The normalized spacial score (nSPS) is 21.7. The van der Waals surface area contributed by atoms with Gasteiger partial charge < -0.3 is 40.1 Å². The van der Waals surface area contributed by atoms with Crippen LogP contribution in [0.1, 0.15) is 48.8 Å². The molecule has 294 valence electrons. The number of carbonyl (C=O) groups excluding carboxylic acids is 2. The number of nitrogens with one attached hydrogen (secondary N) is 2.